The Morgan fingerprint density at radius 2 is 1.70 bits per heavy atom. The van der Waals surface area contributed by atoms with E-state index in [9.17, 15) is 0 Å². The lowest BCUT2D eigenvalue weighted by atomic mass is 9.84. The Morgan fingerprint density at radius 3 is 2.40 bits per heavy atom. The molecule has 1 saturated carbocycles. The molecule has 1 N–H and O–H groups in total. The maximum atomic E-state index is 3.47. The van der Waals surface area contributed by atoms with Crippen molar-refractivity contribution in [3.63, 3.8) is 0 Å². The predicted octanol–water partition coefficient (Wildman–Crippen LogP) is 5.06. The number of hydrogen-bond donors (Lipinski definition) is 1. The minimum atomic E-state index is 0.844. The van der Waals surface area contributed by atoms with Crippen molar-refractivity contribution < 1.29 is 0 Å². The molecule has 0 amide bonds. The van der Waals surface area contributed by atoms with Crippen LogP contribution in [-0.2, 0) is 6.42 Å². The first kappa shape index (κ1) is 15.6. The lowest BCUT2D eigenvalue weighted by molar-refractivity contribution is 0.443. The first-order valence-corrected chi connectivity index (χ1v) is 8.69. The minimum absolute atomic E-state index is 0.844. The Labute approximate surface area is 125 Å². The fraction of sp³-hybridized carbons (Fsp3) is 0.684. The number of nitrogens with one attached hydrogen (secondary N) is 1. The zero-order chi connectivity index (χ0) is 14.0. The maximum Gasteiger partial charge on any atom is -0.00488 e. The average Bonchev–Trinajstić information content (AvgIpc) is 2.52. The highest BCUT2D eigenvalue weighted by molar-refractivity contribution is 5.25. The van der Waals surface area contributed by atoms with Gasteiger partial charge in [0.05, 0.1) is 0 Å². The molecule has 1 fully saturated rings. The SMILES string of the molecule is CCCNCCCCc1ccc(C2CCCCC2)cc1. The summed E-state index contributed by atoms with van der Waals surface area (Å²) in [5, 5.41) is 3.47. The molecule has 1 aliphatic rings. The molecular formula is C19H31N. The van der Waals surface area contributed by atoms with Gasteiger partial charge in [0.1, 0.15) is 0 Å². The molecule has 1 aromatic rings. The molecule has 0 bridgehead atoms. The Kier molecular flexibility index (Phi) is 7.14. The summed E-state index contributed by atoms with van der Waals surface area (Å²) in [7, 11) is 0. The van der Waals surface area contributed by atoms with Crippen LogP contribution in [0.4, 0.5) is 0 Å². The molecule has 0 saturated heterocycles. The van der Waals surface area contributed by atoms with Crippen molar-refractivity contribution >= 4 is 0 Å². The number of unbranched alkanes of at least 4 members (excludes halogenated alkanes) is 1. The highest BCUT2D eigenvalue weighted by atomic mass is 14.8. The van der Waals surface area contributed by atoms with Gasteiger partial charge >= 0.3 is 0 Å². The second-order valence-electron chi connectivity index (χ2n) is 6.28. The lowest BCUT2D eigenvalue weighted by Crippen LogP contribution is -2.15. The second kappa shape index (κ2) is 9.18. The Hall–Kier alpha value is -0.820. The zero-order valence-corrected chi connectivity index (χ0v) is 13.2. The van der Waals surface area contributed by atoms with Crippen LogP contribution in [0.3, 0.4) is 0 Å². The molecule has 1 aromatic carbocycles. The van der Waals surface area contributed by atoms with E-state index in [1.165, 1.54) is 69.9 Å². The van der Waals surface area contributed by atoms with Gasteiger partial charge in [-0.15, -0.1) is 0 Å². The number of aryl methyl sites for hydroxylation is 1. The summed E-state index contributed by atoms with van der Waals surface area (Å²) in [6, 6.07) is 9.51. The molecule has 0 atom stereocenters. The van der Waals surface area contributed by atoms with Crippen LogP contribution in [0, 0.1) is 0 Å². The average molecular weight is 273 g/mol. The monoisotopic (exact) mass is 273 g/mol. The summed E-state index contributed by atoms with van der Waals surface area (Å²) in [5.41, 5.74) is 3.10. The Balaban J connectivity index is 1.68. The molecule has 1 aliphatic carbocycles. The second-order valence-corrected chi connectivity index (χ2v) is 6.28. The van der Waals surface area contributed by atoms with Gasteiger partial charge in [0.2, 0.25) is 0 Å². The number of hydrogen-bond acceptors (Lipinski definition) is 1. The largest absolute Gasteiger partial charge is 0.317 e. The van der Waals surface area contributed by atoms with Gasteiger partial charge in [-0.1, -0.05) is 50.5 Å². The van der Waals surface area contributed by atoms with E-state index in [4.69, 9.17) is 0 Å². The fourth-order valence-corrected chi connectivity index (χ4v) is 3.27. The van der Waals surface area contributed by atoms with Crippen LogP contribution >= 0.6 is 0 Å². The van der Waals surface area contributed by atoms with Gasteiger partial charge < -0.3 is 5.32 Å². The Bertz CT molecular complexity index is 349. The molecule has 1 heteroatoms. The van der Waals surface area contributed by atoms with Gasteiger partial charge in [-0.25, -0.2) is 0 Å². The van der Waals surface area contributed by atoms with E-state index in [0.29, 0.717) is 0 Å². The van der Waals surface area contributed by atoms with E-state index in [1.807, 2.05) is 0 Å². The van der Waals surface area contributed by atoms with E-state index >= 15 is 0 Å². The highest BCUT2D eigenvalue weighted by Crippen LogP contribution is 2.32. The van der Waals surface area contributed by atoms with Crippen LogP contribution in [-0.4, -0.2) is 13.1 Å². The first-order chi connectivity index (χ1) is 9.90. The van der Waals surface area contributed by atoms with Crippen LogP contribution in [0.1, 0.15) is 75.3 Å². The molecule has 0 unspecified atom stereocenters. The third-order valence-electron chi connectivity index (χ3n) is 4.55. The molecular weight excluding hydrogens is 242 g/mol. The molecule has 0 aromatic heterocycles. The van der Waals surface area contributed by atoms with Crippen LogP contribution in [0.5, 0.6) is 0 Å². The first-order valence-electron chi connectivity index (χ1n) is 8.69. The quantitative estimate of drug-likeness (QED) is 0.653. The van der Waals surface area contributed by atoms with Crippen molar-refractivity contribution in [3.8, 4) is 0 Å². The summed E-state index contributed by atoms with van der Waals surface area (Å²) in [6.45, 7) is 4.56. The zero-order valence-electron chi connectivity index (χ0n) is 13.2. The molecule has 1 nitrogen and oxygen atoms in total. The van der Waals surface area contributed by atoms with Gasteiger partial charge in [-0.3, -0.25) is 0 Å². The standard InChI is InChI=1S/C19H31N/c1-2-15-20-16-7-6-8-17-11-13-19(14-12-17)18-9-4-3-5-10-18/h11-14,18,20H,2-10,15-16H2,1H3. The van der Waals surface area contributed by atoms with E-state index in [2.05, 4.69) is 36.5 Å². The summed E-state index contributed by atoms with van der Waals surface area (Å²) < 4.78 is 0. The van der Waals surface area contributed by atoms with Gasteiger partial charge in [-0.2, -0.15) is 0 Å². The summed E-state index contributed by atoms with van der Waals surface area (Å²) in [5.74, 6) is 0.844. The number of benzene rings is 1. The van der Waals surface area contributed by atoms with E-state index in [1.54, 1.807) is 5.56 Å². The van der Waals surface area contributed by atoms with Crippen LogP contribution < -0.4 is 5.32 Å². The summed E-state index contributed by atoms with van der Waals surface area (Å²) in [4.78, 5) is 0. The van der Waals surface area contributed by atoms with Crippen LogP contribution in [0.25, 0.3) is 0 Å². The molecule has 0 aliphatic heterocycles. The maximum absolute atomic E-state index is 3.47. The van der Waals surface area contributed by atoms with Crippen LogP contribution in [0.15, 0.2) is 24.3 Å². The van der Waals surface area contributed by atoms with E-state index in [-0.39, 0.29) is 0 Å². The third-order valence-corrected chi connectivity index (χ3v) is 4.55. The van der Waals surface area contributed by atoms with Crippen molar-refractivity contribution in [2.45, 2.75) is 70.6 Å². The molecule has 2 rings (SSSR count). The van der Waals surface area contributed by atoms with Gasteiger partial charge in [0.15, 0.2) is 0 Å². The predicted molar refractivity (Wildman–Crippen MR) is 88.4 cm³/mol. The topological polar surface area (TPSA) is 12.0 Å². The lowest BCUT2D eigenvalue weighted by Gasteiger charge is -2.22. The molecule has 112 valence electrons. The van der Waals surface area contributed by atoms with Gasteiger partial charge in [-0.05, 0) is 68.7 Å². The van der Waals surface area contributed by atoms with Crippen molar-refractivity contribution in [2.75, 3.05) is 13.1 Å². The van der Waals surface area contributed by atoms with Crippen molar-refractivity contribution in [1.29, 1.82) is 0 Å². The van der Waals surface area contributed by atoms with Crippen molar-refractivity contribution in [2.24, 2.45) is 0 Å². The van der Waals surface area contributed by atoms with Crippen LogP contribution in [0.2, 0.25) is 0 Å². The van der Waals surface area contributed by atoms with E-state index in [0.717, 1.165) is 12.5 Å². The highest BCUT2D eigenvalue weighted by Gasteiger charge is 2.14. The van der Waals surface area contributed by atoms with E-state index < -0.39 is 0 Å². The normalized spacial score (nSPS) is 16.4. The number of rotatable bonds is 8. The molecule has 0 radical (unpaired) electrons. The fourth-order valence-electron chi connectivity index (χ4n) is 3.27. The van der Waals surface area contributed by atoms with Gasteiger partial charge in [0.25, 0.3) is 0 Å². The summed E-state index contributed by atoms with van der Waals surface area (Å²) >= 11 is 0. The Morgan fingerprint density at radius 1 is 0.950 bits per heavy atom. The van der Waals surface area contributed by atoms with Crippen molar-refractivity contribution in [1.82, 2.24) is 5.32 Å². The smallest absolute Gasteiger partial charge is 0.00488 e. The third kappa shape index (κ3) is 5.28. The summed E-state index contributed by atoms with van der Waals surface area (Å²) in [6.07, 6.45) is 12.2. The molecule has 20 heavy (non-hydrogen) atoms. The minimum Gasteiger partial charge on any atom is -0.317 e. The molecule has 0 spiro atoms. The van der Waals surface area contributed by atoms with Gasteiger partial charge in [0, 0.05) is 0 Å². The molecule has 0 heterocycles. The van der Waals surface area contributed by atoms with Crippen molar-refractivity contribution in [3.05, 3.63) is 35.4 Å².